The van der Waals surface area contributed by atoms with Crippen LogP contribution in [0.5, 0.6) is 0 Å². The fourth-order valence-corrected chi connectivity index (χ4v) is 0.506. The van der Waals surface area contributed by atoms with Crippen LogP contribution in [-0.2, 0) is 9.59 Å². The molecule has 0 aliphatic heterocycles. The number of rotatable bonds is 4. The van der Waals surface area contributed by atoms with Gasteiger partial charge in [-0.2, -0.15) is 0 Å². The first-order valence-electron chi connectivity index (χ1n) is 3.52. The molecule has 0 heterocycles. The maximum absolute atomic E-state index is 10.7. The van der Waals surface area contributed by atoms with Crippen LogP contribution in [0, 0.1) is 0 Å². The first-order valence-corrected chi connectivity index (χ1v) is 3.52. The number of nitrogens with two attached hydrogens (primary N) is 1. The Labute approximate surface area is 76.0 Å². The lowest BCUT2D eigenvalue weighted by Gasteiger charge is -1.93. The van der Waals surface area contributed by atoms with E-state index in [1.54, 1.807) is 0 Å². The summed E-state index contributed by atoms with van der Waals surface area (Å²) in [6.07, 6.45) is 3.49. The first-order chi connectivity index (χ1) is 5.99. The topological polar surface area (TPSA) is 80.4 Å². The van der Waals surface area contributed by atoms with E-state index in [4.69, 9.17) is 10.8 Å². The SMILES string of the molecule is C=C(/C=C\C(=C/N)C(=O)O)C(C)=O. The van der Waals surface area contributed by atoms with Crippen LogP contribution >= 0.6 is 0 Å². The maximum Gasteiger partial charge on any atom is 0.337 e. The van der Waals surface area contributed by atoms with E-state index in [0.717, 1.165) is 6.20 Å². The van der Waals surface area contributed by atoms with Crippen molar-refractivity contribution < 1.29 is 14.7 Å². The molecule has 0 rings (SSSR count). The van der Waals surface area contributed by atoms with Gasteiger partial charge in [0.15, 0.2) is 5.78 Å². The standard InChI is InChI=1S/C9H11NO3/c1-6(7(2)11)3-4-8(5-10)9(12)13/h3-5H,1,10H2,2H3,(H,12,13)/b4-3-,8-5+. The quantitative estimate of drug-likeness (QED) is 0.492. The van der Waals surface area contributed by atoms with Gasteiger partial charge in [0.2, 0.25) is 0 Å². The van der Waals surface area contributed by atoms with Gasteiger partial charge in [-0.15, -0.1) is 0 Å². The Morgan fingerprint density at radius 3 is 2.23 bits per heavy atom. The first kappa shape index (κ1) is 11.2. The Morgan fingerprint density at radius 2 is 1.92 bits per heavy atom. The molecule has 0 unspecified atom stereocenters. The van der Waals surface area contributed by atoms with Crippen molar-refractivity contribution in [1.29, 1.82) is 0 Å². The predicted molar refractivity (Wildman–Crippen MR) is 48.9 cm³/mol. The summed E-state index contributed by atoms with van der Waals surface area (Å²) in [6, 6.07) is 0. The van der Waals surface area contributed by atoms with Crippen molar-refractivity contribution in [2.24, 2.45) is 5.73 Å². The zero-order chi connectivity index (χ0) is 10.4. The molecule has 4 heteroatoms. The summed E-state index contributed by atoms with van der Waals surface area (Å²) in [5.74, 6) is -1.35. The van der Waals surface area contributed by atoms with Crippen molar-refractivity contribution in [2.45, 2.75) is 6.92 Å². The third-order valence-corrected chi connectivity index (χ3v) is 1.34. The second kappa shape index (κ2) is 4.92. The van der Waals surface area contributed by atoms with Crippen LogP contribution in [0.25, 0.3) is 0 Å². The van der Waals surface area contributed by atoms with Crippen molar-refractivity contribution >= 4 is 11.8 Å². The Hall–Kier alpha value is -1.84. The summed E-state index contributed by atoms with van der Waals surface area (Å²) in [6.45, 7) is 4.77. The number of allylic oxidation sites excluding steroid dienone is 2. The molecule has 70 valence electrons. The molecule has 0 saturated heterocycles. The normalized spacial score (nSPS) is 11.6. The highest BCUT2D eigenvalue weighted by molar-refractivity contribution is 5.96. The predicted octanol–water partition coefficient (Wildman–Crippen LogP) is 0.615. The molecule has 0 aliphatic carbocycles. The summed E-state index contributed by atoms with van der Waals surface area (Å²) in [5.41, 5.74) is 5.18. The number of carbonyl (C=O) groups excluding carboxylic acids is 1. The van der Waals surface area contributed by atoms with E-state index >= 15 is 0 Å². The van der Waals surface area contributed by atoms with E-state index in [-0.39, 0.29) is 16.9 Å². The number of hydrogen-bond acceptors (Lipinski definition) is 3. The number of carbonyl (C=O) groups is 2. The molecule has 0 aliphatic rings. The minimum absolute atomic E-state index is 0.0811. The molecule has 0 fully saturated rings. The van der Waals surface area contributed by atoms with Crippen molar-refractivity contribution in [3.63, 3.8) is 0 Å². The summed E-state index contributed by atoms with van der Waals surface area (Å²) >= 11 is 0. The van der Waals surface area contributed by atoms with Gasteiger partial charge >= 0.3 is 5.97 Å². The number of aliphatic carboxylic acids is 1. The molecule has 13 heavy (non-hydrogen) atoms. The number of ketones is 1. The van der Waals surface area contributed by atoms with E-state index in [1.165, 1.54) is 19.1 Å². The average Bonchev–Trinajstić information content (AvgIpc) is 2.04. The van der Waals surface area contributed by atoms with Crippen molar-refractivity contribution in [2.75, 3.05) is 0 Å². The number of hydrogen-bond donors (Lipinski definition) is 2. The third-order valence-electron chi connectivity index (χ3n) is 1.34. The molecule has 0 aromatic rings. The zero-order valence-corrected chi connectivity index (χ0v) is 7.28. The highest BCUT2D eigenvalue weighted by atomic mass is 16.4. The molecular formula is C9H11NO3. The van der Waals surface area contributed by atoms with Crippen LogP contribution in [0.2, 0.25) is 0 Å². The lowest BCUT2D eigenvalue weighted by Crippen LogP contribution is -2.01. The van der Waals surface area contributed by atoms with Crippen LogP contribution in [0.15, 0.2) is 36.1 Å². The van der Waals surface area contributed by atoms with Crippen molar-refractivity contribution in [1.82, 2.24) is 0 Å². The van der Waals surface area contributed by atoms with Crippen LogP contribution in [0.4, 0.5) is 0 Å². The molecule has 0 aromatic carbocycles. The van der Waals surface area contributed by atoms with E-state index in [2.05, 4.69) is 6.58 Å². The fraction of sp³-hybridized carbons (Fsp3) is 0.111. The molecular weight excluding hydrogens is 170 g/mol. The van der Waals surface area contributed by atoms with Crippen LogP contribution in [0.1, 0.15) is 6.92 Å². The monoisotopic (exact) mass is 181 g/mol. The Bertz CT molecular complexity index is 300. The van der Waals surface area contributed by atoms with Gasteiger partial charge in [-0.1, -0.05) is 12.7 Å². The van der Waals surface area contributed by atoms with Crippen LogP contribution in [0.3, 0.4) is 0 Å². The zero-order valence-electron chi connectivity index (χ0n) is 7.28. The highest BCUT2D eigenvalue weighted by Gasteiger charge is 2.01. The molecule has 0 atom stereocenters. The van der Waals surface area contributed by atoms with Gasteiger partial charge in [0.05, 0.1) is 5.57 Å². The lowest BCUT2D eigenvalue weighted by atomic mass is 10.1. The Balaban J connectivity index is 4.51. The summed E-state index contributed by atoms with van der Waals surface area (Å²) in [5, 5.41) is 8.51. The van der Waals surface area contributed by atoms with Gasteiger partial charge in [0, 0.05) is 11.8 Å². The lowest BCUT2D eigenvalue weighted by molar-refractivity contribution is -0.132. The number of carboxylic acids is 1. The third kappa shape index (κ3) is 3.91. The maximum atomic E-state index is 10.7. The van der Waals surface area contributed by atoms with Crippen LogP contribution in [-0.4, -0.2) is 16.9 Å². The fourth-order valence-electron chi connectivity index (χ4n) is 0.506. The molecule has 4 nitrogen and oxygen atoms in total. The Kier molecular flexibility index (Phi) is 4.23. The van der Waals surface area contributed by atoms with E-state index < -0.39 is 5.97 Å². The molecule has 0 radical (unpaired) electrons. The van der Waals surface area contributed by atoms with Crippen LogP contribution < -0.4 is 5.73 Å². The summed E-state index contributed by atoms with van der Waals surface area (Å²) < 4.78 is 0. The molecule has 0 amide bonds. The van der Waals surface area contributed by atoms with E-state index in [9.17, 15) is 9.59 Å². The van der Waals surface area contributed by atoms with Crippen molar-refractivity contribution in [3.8, 4) is 0 Å². The van der Waals surface area contributed by atoms with E-state index in [0.29, 0.717) is 0 Å². The smallest absolute Gasteiger partial charge is 0.337 e. The van der Waals surface area contributed by atoms with Gasteiger partial charge in [0.1, 0.15) is 0 Å². The van der Waals surface area contributed by atoms with Gasteiger partial charge in [-0.25, -0.2) is 4.79 Å². The molecule has 0 saturated carbocycles. The van der Waals surface area contributed by atoms with Gasteiger partial charge in [-0.05, 0) is 13.0 Å². The van der Waals surface area contributed by atoms with E-state index in [1.807, 2.05) is 0 Å². The molecule has 0 aromatic heterocycles. The second-order valence-electron chi connectivity index (χ2n) is 2.34. The highest BCUT2D eigenvalue weighted by Crippen LogP contribution is 2.00. The second-order valence-corrected chi connectivity index (χ2v) is 2.34. The number of carboxylic acid groups (broad SMARTS) is 1. The van der Waals surface area contributed by atoms with Gasteiger partial charge in [-0.3, -0.25) is 4.79 Å². The van der Waals surface area contributed by atoms with Gasteiger partial charge < -0.3 is 10.8 Å². The molecule has 0 bridgehead atoms. The number of Topliss-reactive ketones (excluding diaryl/α,β-unsaturated/α-hetero) is 1. The Morgan fingerprint density at radius 1 is 1.38 bits per heavy atom. The van der Waals surface area contributed by atoms with Gasteiger partial charge in [0.25, 0.3) is 0 Å². The van der Waals surface area contributed by atoms with Crippen molar-refractivity contribution in [3.05, 3.63) is 36.1 Å². The molecule has 0 spiro atoms. The molecule has 3 N–H and O–H groups in total. The average molecular weight is 181 g/mol. The minimum Gasteiger partial charge on any atom is -0.478 e. The minimum atomic E-state index is -1.14. The largest absolute Gasteiger partial charge is 0.478 e. The summed E-state index contributed by atoms with van der Waals surface area (Å²) in [4.78, 5) is 21.1. The summed E-state index contributed by atoms with van der Waals surface area (Å²) in [7, 11) is 0.